The number of carbonyl (C=O) groups excluding carboxylic acids is 2. The van der Waals surface area contributed by atoms with Crippen molar-refractivity contribution in [3.8, 4) is 0 Å². The van der Waals surface area contributed by atoms with Gasteiger partial charge in [-0.05, 0) is 44.9 Å². The number of ether oxygens (including phenoxy) is 1. The summed E-state index contributed by atoms with van der Waals surface area (Å²) in [6.07, 6.45) is 0. The van der Waals surface area contributed by atoms with Crippen LogP contribution in [0.2, 0.25) is 0 Å². The predicted molar refractivity (Wildman–Crippen MR) is 116 cm³/mol. The summed E-state index contributed by atoms with van der Waals surface area (Å²) in [5, 5.41) is 3.25. The zero-order chi connectivity index (χ0) is 21.0. The molecular formula is C21H28N4O3S. The number of thiazole rings is 1. The number of piperazine rings is 1. The maximum Gasteiger partial charge on any atom is 0.350 e. The van der Waals surface area contributed by atoms with Gasteiger partial charge in [0, 0.05) is 31.9 Å². The van der Waals surface area contributed by atoms with Gasteiger partial charge in [-0.2, -0.15) is 0 Å². The molecule has 1 amide bonds. The number of hydrogen-bond donors (Lipinski definition) is 1. The standard InChI is InChI=1S/C21H28N4O3S/c1-5-28-20(27)19-16(4)22-21(29-19)23-18(26)13-24-9-11-25(12-10-24)17-8-6-7-14(2)15(17)3/h6-8H,5,9-13H2,1-4H3,(H,22,23,26). The van der Waals surface area contributed by atoms with Crippen molar-refractivity contribution in [3.63, 3.8) is 0 Å². The average Bonchev–Trinajstić information content (AvgIpc) is 3.05. The number of hydrogen-bond acceptors (Lipinski definition) is 7. The minimum absolute atomic E-state index is 0.116. The van der Waals surface area contributed by atoms with Crippen molar-refractivity contribution in [3.05, 3.63) is 39.9 Å². The normalized spacial score (nSPS) is 14.7. The van der Waals surface area contributed by atoms with Crippen LogP contribution in [0.1, 0.15) is 33.4 Å². The Hall–Kier alpha value is -2.45. The number of anilines is 2. The van der Waals surface area contributed by atoms with Gasteiger partial charge < -0.3 is 15.0 Å². The number of aryl methyl sites for hydroxylation is 2. The summed E-state index contributed by atoms with van der Waals surface area (Å²) in [6, 6.07) is 6.39. The quantitative estimate of drug-likeness (QED) is 0.730. The van der Waals surface area contributed by atoms with E-state index < -0.39 is 5.97 Å². The molecule has 1 aliphatic heterocycles. The van der Waals surface area contributed by atoms with Crippen LogP contribution in [-0.4, -0.2) is 61.1 Å². The number of benzene rings is 1. The summed E-state index contributed by atoms with van der Waals surface area (Å²) in [6.45, 7) is 11.8. The molecule has 29 heavy (non-hydrogen) atoms. The van der Waals surface area contributed by atoms with E-state index in [2.05, 4.69) is 52.1 Å². The lowest BCUT2D eigenvalue weighted by Crippen LogP contribution is -2.48. The number of esters is 1. The van der Waals surface area contributed by atoms with Gasteiger partial charge in [-0.1, -0.05) is 23.5 Å². The Kier molecular flexibility index (Phi) is 6.87. The second-order valence-electron chi connectivity index (χ2n) is 7.18. The lowest BCUT2D eigenvalue weighted by Gasteiger charge is -2.36. The van der Waals surface area contributed by atoms with E-state index >= 15 is 0 Å². The minimum Gasteiger partial charge on any atom is -0.462 e. The fourth-order valence-electron chi connectivity index (χ4n) is 3.42. The molecular weight excluding hydrogens is 388 g/mol. The van der Waals surface area contributed by atoms with Crippen molar-refractivity contribution in [1.29, 1.82) is 0 Å². The summed E-state index contributed by atoms with van der Waals surface area (Å²) < 4.78 is 5.02. The van der Waals surface area contributed by atoms with Gasteiger partial charge in [0.25, 0.3) is 0 Å². The maximum atomic E-state index is 12.4. The van der Waals surface area contributed by atoms with Crippen LogP contribution in [0.25, 0.3) is 0 Å². The Morgan fingerprint density at radius 1 is 1.17 bits per heavy atom. The molecule has 0 aliphatic carbocycles. The van der Waals surface area contributed by atoms with Crippen molar-refractivity contribution in [2.75, 3.05) is 49.5 Å². The Morgan fingerprint density at radius 3 is 2.59 bits per heavy atom. The van der Waals surface area contributed by atoms with Gasteiger partial charge in [-0.25, -0.2) is 9.78 Å². The van der Waals surface area contributed by atoms with Crippen molar-refractivity contribution >= 4 is 34.0 Å². The van der Waals surface area contributed by atoms with Crippen molar-refractivity contribution in [2.45, 2.75) is 27.7 Å². The third kappa shape index (κ3) is 5.13. The van der Waals surface area contributed by atoms with Crippen LogP contribution in [0.3, 0.4) is 0 Å². The maximum absolute atomic E-state index is 12.4. The van der Waals surface area contributed by atoms with E-state index in [1.165, 1.54) is 16.8 Å². The zero-order valence-corrected chi connectivity index (χ0v) is 18.3. The first-order chi connectivity index (χ1) is 13.9. The topological polar surface area (TPSA) is 74.8 Å². The first-order valence-corrected chi connectivity index (χ1v) is 10.7. The summed E-state index contributed by atoms with van der Waals surface area (Å²) in [4.78, 5) is 33.6. The second kappa shape index (κ2) is 9.37. The highest BCUT2D eigenvalue weighted by atomic mass is 32.1. The molecule has 1 aromatic heterocycles. The molecule has 3 rings (SSSR count). The number of aromatic nitrogens is 1. The Labute approximate surface area is 175 Å². The third-order valence-corrected chi connectivity index (χ3v) is 6.21. The number of nitrogens with one attached hydrogen (secondary N) is 1. The first kappa shape index (κ1) is 21.3. The molecule has 7 nitrogen and oxygen atoms in total. The van der Waals surface area contributed by atoms with Gasteiger partial charge in [0.2, 0.25) is 5.91 Å². The summed E-state index contributed by atoms with van der Waals surface area (Å²) in [5.41, 5.74) is 4.46. The second-order valence-corrected chi connectivity index (χ2v) is 8.18. The molecule has 2 heterocycles. The first-order valence-electron chi connectivity index (χ1n) is 9.87. The van der Waals surface area contributed by atoms with Gasteiger partial charge in [-0.3, -0.25) is 9.69 Å². The highest BCUT2D eigenvalue weighted by Gasteiger charge is 2.22. The molecule has 0 spiro atoms. The number of carbonyl (C=O) groups is 2. The zero-order valence-electron chi connectivity index (χ0n) is 17.4. The average molecular weight is 417 g/mol. The molecule has 2 aromatic rings. The van der Waals surface area contributed by atoms with Gasteiger partial charge in [0.05, 0.1) is 18.8 Å². The van der Waals surface area contributed by atoms with Crippen LogP contribution in [-0.2, 0) is 9.53 Å². The molecule has 1 fully saturated rings. The molecule has 0 saturated carbocycles. The van der Waals surface area contributed by atoms with Crippen LogP contribution in [0, 0.1) is 20.8 Å². The van der Waals surface area contributed by atoms with Gasteiger partial charge >= 0.3 is 5.97 Å². The van der Waals surface area contributed by atoms with Crippen molar-refractivity contribution < 1.29 is 14.3 Å². The molecule has 1 N–H and O–H groups in total. The van der Waals surface area contributed by atoms with E-state index in [9.17, 15) is 9.59 Å². The number of nitrogens with zero attached hydrogens (tertiary/aromatic N) is 3. The smallest absolute Gasteiger partial charge is 0.350 e. The Morgan fingerprint density at radius 2 is 1.90 bits per heavy atom. The summed E-state index contributed by atoms with van der Waals surface area (Å²) >= 11 is 1.15. The summed E-state index contributed by atoms with van der Waals surface area (Å²) in [5.74, 6) is -0.514. The Bertz CT molecular complexity index is 888. The van der Waals surface area contributed by atoms with Gasteiger partial charge in [0.1, 0.15) is 4.88 Å². The van der Waals surface area contributed by atoms with Crippen molar-refractivity contribution in [2.24, 2.45) is 0 Å². The molecule has 8 heteroatoms. The van der Waals surface area contributed by atoms with E-state index in [1.54, 1.807) is 13.8 Å². The largest absolute Gasteiger partial charge is 0.462 e. The van der Waals surface area contributed by atoms with Gasteiger partial charge in [0.15, 0.2) is 5.13 Å². The van der Waals surface area contributed by atoms with Crippen molar-refractivity contribution in [1.82, 2.24) is 9.88 Å². The minimum atomic E-state index is -0.398. The Balaban J connectivity index is 1.52. The van der Waals surface area contributed by atoms with E-state index in [-0.39, 0.29) is 5.91 Å². The molecule has 1 aromatic carbocycles. The SMILES string of the molecule is CCOC(=O)c1sc(NC(=O)CN2CCN(c3cccc(C)c3C)CC2)nc1C. The number of rotatable bonds is 6. The molecule has 156 valence electrons. The highest BCUT2D eigenvalue weighted by Crippen LogP contribution is 2.25. The molecule has 0 radical (unpaired) electrons. The van der Waals surface area contributed by atoms with Crippen LogP contribution in [0.4, 0.5) is 10.8 Å². The molecule has 1 aliphatic rings. The van der Waals surface area contributed by atoms with E-state index in [0.29, 0.717) is 28.9 Å². The number of amides is 1. The molecule has 0 atom stereocenters. The highest BCUT2D eigenvalue weighted by molar-refractivity contribution is 7.17. The summed E-state index contributed by atoms with van der Waals surface area (Å²) in [7, 11) is 0. The van der Waals surface area contributed by atoms with Crippen LogP contribution in [0.5, 0.6) is 0 Å². The fraction of sp³-hybridized carbons (Fsp3) is 0.476. The van der Waals surface area contributed by atoms with Crippen LogP contribution < -0.4 is 10.2 Å². The van der Waals surface area contributed by atoms with Crippen LogP contribution in [0.15, 0.2) is 18.2 Å². The molecule has 0 unspecified atom stereocenters. The molecule has 0 bridgehead atoms. The monoisotopic (exact) mass is 416 g/mol. The lowest BCUT2D eigenvalue weighted by atomic mass is 10.1. The molecule has 1 saturated heterocycles. The predicted octanol–water partition coefficient (Wildman–Crippen LogP) is 3.01. The van der Waals surface area contributed by atoms with E-state index in [4.69, 9.17) is 4.74 Å². The van der Waals surface area contributed by atoms with Gasteiger partial charge in [-0.15, -0.1) is 0 Å². The fourth-order valence-corrected chi connectivity index (χ4v) is 4.30. The van der Waals surface area contributed by atoms with Crippen LogP contribution >= 0.6 is 11.3 Å². The van der Waals surface area contributed by atoms with E-state index in [0.717, 1.165) is 37.5 Å². The third-order valence-electron chi connectivity index (χ3n) is 5.16. The van der Waals surface area contributed by atoms with E-state index in [1.807, 2.05) is 0 Å². The lowest BCUT2D eigenvalue weighted by molar-refractivity contribution is -0.117.